The van der Waals surface area contributed by atoms with Gasteiger partial charge in [-0.25, -0.2) is 0 Å². The molecule has 3 heteroatoms. The zero-order chi connectivity index (χ0) is 9.84. The normalized spacial score (nSPS) is 23.7. The van der Waals surface area contributed by atoms with Crippen LogP contribution in [-0.4, -0.2) is 36.6 Å². The van der Waals surface area contributed by atoms with Crippen LogP contribution in [0.3, 0.4) is 0 Å². The van der Waals surface area contributed by atoms with Gasteiger partial charge in [0.05, 0.1) is 12.7 Å². The fourth-order valence-corrected chi connectivity index (χ4v) is 1.53. The number of amides is 1. The highest BCUT2D eigenvalue weighted by molar-refractivity contribution is 5.75. The molecular weight excluding hydrogens is 166 g/mol. The van der Waals surface area contributed by atoms with Gasteiger partial charge in [-0.15, -0.1) is 0 Å². The largest absolute Gasteiger partial charge is 0.374 e. The first-order valence-corrected chi connectivity index (χ1v) is 5.04. The smallest absolute Gasteiger partial charge is 0.222 e. The van der Waals surface area contributed by atoms with Gasteiger partial charge in [-0.2, -0.15) is 0 Å². The molecule has 1 saturated heterocycles. The number of nitrogens with zero attached hydrogens (tertiary/aromatic N) is 1. The van der Waals surface area contributed by atoms with Gasteiger partial charge in [0.25, 0.3) is 0 Å². The molecule has 0 aromatic heterocycles. The number of hydrogen-bond acceptors (Lipinski definition) is 2. The topological polar surface area (TPSA) is 29.5 Å². The van der Waals surface area contributed by atoms with Crippen LogP contribution in [0.15, 0.2) is 0 Å². The van der Waals surface area contributed by atoms with E-state index < -0.39 is 0 Å². The Balaban J connectivity index is 2.46. The molecule has 0 spiro atoms. The van der Waals surface area contributed by atoms with Crippen LogP contribution in [0, 0.1) is 5.92 Å². The van der Waals surface area contributed by atoms with Crippen molar-refractivity contribution < 1.29 is 9.53 Å². The van der Waals surface area contributed by atoms with E-state index in [0.717, 1.165) is 13.1 Å². The van der Waals surface area contributed by atoms with E-state index in [0.29, 0.717) is 18.9 Å². The molecule has 1 heterocycles. The lowest BCUT2D eigenvalue weighted by atomic mass is 10.1. The lowest BCUT2D eigenvalue weighted by Gasteiger charge is -2.34. The van der Waals surface area contributed by atoms with Crippen LogP contribution >= 0.6 is 0 Å². The minimum Gasteiger partial charge on any atom is -0.374 e. The predicted octanol–water partition coefficient (Wildman–Crippen LogP) is 1.28. The molecule has 0 saturated carbocycles. The van der Waals surface area contributed by atoms with Crippen LogP contribution in [0.2, 0.25) is 0 Å². The molecule has 0 aliphatic carbocycles. The minimum absolute atomic E-state index is 0.226. The average Bonchev–Trinajstić information content (AvgIpc) is 2.17. The van der Waals surface area contributed by atoms with E-state index in [4.69, 9.17) is 4.74 Å². The molecule has 0 bridgehead atoms. The first-order chi connectivity index (χ1) is 6.15. The molecule has 0 aromatic carbocycles. The first-order valence-electron chi connectivity index (χ1n) is 5.04. The maximum Gasteiger partial charge on any atom is 0.222 e. The van der Waals surface area contributed by atoms with Crippen LogP contribution in [-0.2, 0) is 9.53 Å². The summed E-state index contributed by atoms with van der Waals surface area (Å²) in [5.74, 6) is 0.737. The number of carbonyl (C=O) groups is 1. The highest BCUT2D eigenvalue weighted by Crippen LogP contribution is 2.13. The maximum atomic E-state index is 11.4. The Bertz CT molecular complexity index is 180. The number of ether oxygens (including phenoxy) is 1. The second kappa shape index (κ2) is 4.61. The van der Waals surface area contributed by atoms with Crippen molar-refractivity contribution in [2.75, 3.05) is 19.7 Å². The van der Waals surface area contributed by atoms with Crippen molar-refractivity contribution in [2.24, 2.45) is 5.92 Å². The molecular formula is C10H19NO2. The third-order valence-corrected chi connectivity index (χ3v) is 2.49. The van der Waals surface area contributed by atoms with Crippen molar-refractivity contribution in [2.45, 2.75) is 33.3 Å². The molecule has 13 heavy (non-hydrogen) atoms. The quantitative estimate of drug-likeness (QED) is 0.648. The van der Waals surface area contributed by atoms with Crippen molar-refractivity contribution in [3.05, 3.63) is 0 Å². The Hall–Kier alpha value is -0.570. The maximum absolute atomic E-state index is 11.4. The van der Waals surface area contributed by atoms with Crippen molar-refractivity contribution in [3.8, 4) is 0 Å². The lowest BCUT2D eigenvalue weighted by molar-refractivity contribution is -0.140. The van der Waals surface area contributed by atoms with Crippen molar-refractivity contribution in [1.82, 2.24) is 4.90 Å². The molecule has 0 N–H and O–H groups in total. The van der Waals surface area contributed by atoms with Gasteiger partial charge in [0.1, 0.15) is 0 Å². The summed E-state index contributed by atoms with van der Waals surface area (Å²) in [6, 6.07) is 0. The van der Waals surface area contributed by atoms with Crippen molar-refractivity contribution in [1.29, 1.82) is 0 Å². The molecule has 0 unspecified atom stereocenters. The molecule has 1 aliphatic rings. The van der Waals surface area contributed by atoms with E-state index >= 15 is 0 Å². The molecule has 76 valence electrons. The standard InChI is InChI=1S/C10H19NO2/c1-4-10(12)11-5-6-13-9(7-11)8(2)3/h8-9H,4-7H2,1-3H3/t9-/m1/s1. The molecule has 1 atom stereocenters. The van der Waals surface area contributed by atoms with Crippen molar-refractivity contribution in [3.63, 3.8) is 0 Å². The third-order valence-electron chi connectivity index (χ3n) is 2.49. The van der Waals surface area contributed by atoms with E-state index in [-0.39, 0.29) is 12.0 Å². The second-order valence-electron chi connectivity index (χ2n) is 3.85. The van der Waals surface area contributed by atoms with Crippen LogP contribution < -0.4 is 0 Å². The van der Waals surface area contributed by atoms with E-state index in [1.54, 1.807) is 0 Å². The Labute approximate surface area is 80.1 Å². The molecule has 1 rings (SSSR count). The highest BCUT2D eigenvalue weighted by atomic mass is 16.5. The molecule has 0 radical (unpaired) electrons. The molecule has 1 amide bonds. The molecule has 3 nitrogen and oxygen atoms in total. The van der Waals surface area contributed by atoms with Gasteiger partial charge in [0.2, 0.25) is 5.91 Å². The summed E-state index contributed by atoms with van der Waals surface area (Å²) >= 11 is 0. The third kappa shape index (κ3) is 2.69. The van der Waals surface area contributed by atoms with E-state index in [9.17, 15) is 4.79 Å². The van der Waals surface area contributed by atoms with Crippen LogP contribution in [0.1, 0.15) is 27.2 Å². The van der Waals surface area contributed by atoms with Gasteiger partial charge in [0.15, 0.2) is 0 Å². The second-order valence-corrected chi connectivity index (χ2v) is 3.85. The number of morpholine rings is 1. The Morgan fingerprint density at radius 1 is 1.62 bits per heavy atom. The van der Waals surface area contributed by atoms with Gasteiger partial charge in [-0.3, -0.25) is 4.79 Å². The summed E-state index contributed by atoms with van der Waals surface area (Å²) in [5.41, 5.74) is 0. The number of carbonyl (C=O) groups excluding carboxylic acids is 1. The van der Waals surface area contributed by atoms with Crippen LogP contribution in [0.4, 0.5) is 0 Å². The highest BCUT2D eigenvalue weighted by Gasteiger charge is 2.24. The predicted molar refractivity (Wildman–Crippen MR) is 51.4 cm³/mol. The average molecular weight is 185 g/mol. The summed E-state index contributed by atoms with van der Waals surface area (Å²) in [5, 5.41) is 0. The van der Waals surface area contributed by atoms with E-state index in [2.05, 4.69) is 13.8 Å². The van der Waals surface area contributed by atoms with Crippen LogP contribution in [0.25, 0.3) is 0 Å². The van der Waals surface area contributed by atoms with Crippen LogP contribution in [0.5, 0.6) is 0 Å². The minimum atomic E-state index is 0.226. The van der Waals surface area contributed by atoms with Gasteiger partial charge < -0.3 is 9.64 Å². The van der Waals surface area contributed by atoms with Gasteiger partial charge in [-0.05, 0) is 5.92 Å². The Morgan fingerprint density at radius 2 is 2.31 bits per heavy atom. The SMILES string of the molecule is CCC(=O)N1CCO[C@@H](C(C)C)C1. The summed E-state index contributed by atoms with van der Waals surface area (Å²) in [6.45, 7) is 8.38. The molecule has 1 fully saturated rings. The first kappa shape index (κ1) is 10.5. The Morgan fingerprint density at radius 3 is 2.85 bits per heavy atom. The number of rotatable bonds is 2. The fraction of sp³-hybridized carbons (Fsp3) is 0.900. The summed E-state index contributed by atoms with van der Waals surface area (Å²) in [7, 11) is 0. The summed E-state index contributed by atoms with van der Waals surface area (Å²) < 4.78 is 5.57. The van der Waals surface area contributed by atoms with E-state index in [1.807, 2.05) is 11.8 Å². The Kier molecular flexibility index (Phi) is 3.72. The van der Waals surface area contributed by atoms with Gasteiger partial charge in [-0.1, -0.05) is 20.8 Å². The zero-order valence-corrected chi connectivity index (χ0v) is 8.75. The van der Waals surface area contributed by atoms with E-state index in [1.165, 1.54) is 0 Å². The number of hydrogen-bond donors (Lipinski definition) is 0. The molecule has 1 aliphatic heterocycles. The zero-order valence-electron chi connectivity index (χ0n) is 8.75. The van der Waals surface area contributed by atoms with Gasteiger partial charge >= 0.3 is 0 Å². The summed E-state index contributed by atoms with van der Waals surface area (Å²) in [6.07, 6.45) is 0.828. The molecule has 0 aromatic rings. The fourth-order valence-electron chi connectivity index (χ4n) is 1.53. The van der Waals surface area contributed by atoms with Crippen molar-refractivity contribution >= 4 is 5.91 Å². The summed E-state index contributed by atoms with van der Waals surface area (Å²) in [4.78, 5) is 13.3. The monoisotopic (exact) mass is 185 g/mol. The van der Waals surface area contributed by atoms with Gasteiger partial charge in [0, 0.05) is 19.5 Å². The lowest BCUT2D eigenvalue weighted by Crippen LogP contribution is -2.47.